The van der Waals surface area contributed by atoms with Crippen LogP contribution in [0.15, 0.2) is 59.7 Å². The normalized spacial score (nSPS) is 10.4. The molecule has 0 aliphatic rings. The van der Waals surface area contributed by atoms with Gasteiger partial charge in [-0.25, -0.2) is 10.2 Å². The Bertz CT molecular complexity index is 610. The number of ether oxygens (including phenoxy) is 2. The van der Waals surface area contributed by atoms with Crippen molar-refractivity contribution >= 4 is 12.3 Å². The van der Waals surface area contributed by atoms with Crippen LogP contribution in [0.1, 0.15) is 18.1 Å². The van der Waals surface area contributed by atoms with Crippen molar-refractivity contribution in [1.82, 2.24) is 5.43 Å². The number of carbonyl (C=O) groups is 1. The largest absolute Gasteiger partial charge is 0.489 e. The van der Waals surface area contributed by atoms with E-state index in [1.165, 1.54) is 6.21 Å². The molecule has 2 aromatic rings. The van der Waals surface area contributed by atoms with Crippen LogP contribution in [0.3, 0.4) is 0 Å². The van der Waals surface area contributed by atoms with Gasteiger partial charge in [0.05, 0.1) is 12.8 Å². The van der Waals surface area contributed by atoms with Crippen LogP contribution in [0, 0.1) is 0 Å². The van der Waals surface area contributed by atoms with E-state index in [-0.39, 0.29) is 0 Å². The average molecular weight is 298 g/mol. The SMILES string of the molecule is CCOC(=O)N/N=C/c1ccc(OCc2ccccc2)cc1. The Kier molecular flexibility index (Phi) is 5.99. The van der Waals surface area contributed by atoms with E-state index in [0.29, 0.717) is 13.2 Å². The van der Waals surface area contributed by atoms with Crippen LogP contribution in [0.2, 0.25) is 0 Å². The van der Waals surface area contributed by atoms with Gasteiger partial charge in [-0.3, -0.25) is 0 Å². The molecule has 0 saturated heterocycles. The third kappa shape index (κ3) is 5.28. The number of hydrogen-bond acceptors (Lipinski definition) is 4. The maximum Gasteiger partial charge on any atom is 0.427 e. The Balaban J connectivity index is 1.82. The average Bonchev–Trinajstić information content (AvgIpc) is 2.55. The second-order valence-corrected chi connectivity index (χ2v) is 4.43. The zero-order valence-corrected chi connectivity index (χ0v) is 12.4. The number of benzene rings is 2. The summed E-state index contributed by atoms with van der Waals surface area (Å²) >= 11 is 0. The summed E-state index contributed by atoms with van der Waals surface area (Å²) in [6.07, 6.45) is 0.972. The van der Waals surface area contributed by atoms with E-state index in [0.717, 1.165) is 16.9 Å². The van der Waals surface area contributed by atoms with Crippen molar-refractivity contribution in [2.45, 2.75) is 13.5 Å². The third-order valence-corrected chi connectivity index (χ3v) is 2.77. The first-order chi connectivity index (χ1) is 10.8. The fourth-order valence-electron chi connectivity index (χ4n) is 1.71. The van der Waals surface area contributed by atoms with Gasteiger partial charge in [-0.1, -0.05) is 30.3 Å². The molecule has 0 aromatic heterocycles. The van der Waals surface area contributed by atoms with Gasteiger partial charge in [0.2, 0.25) is 0 Å². The molecule has 5 nitrogen and oxygen atoms in total. The Labute approximate surface area is 129 Å². The number of nitrogens with zero attached hydrogens (tertiary/aromatic N) is 1. The second-order valence-electron chi connectivity index (χ2n) is 4.43. The van der Waals surface area contributed by atoms with E-state index in [2.05, 4.69) is 15.3 Å². The topological polar surface area (TPSA) is 59.9 Å². The van der Waals surface area contributed by atoms with E-state index in [4.69, 9.17) is 4.74 Å². The molecule has 0 atom stereocenters. The number of nitrogens with one attached hydrogen (secondary N) is 1. The van der Waals surface area contributed by atoms with Gasteiger partial charge in [-0.15, -0.1) is 0 Å². The summed E-state index contributed by atoms with van der Waals surface area (Å²) < 4.78 is 10.4. The molecule has 0 aliphatic heterocycles. The van der Waals surface area contributed by atoms with Crippen molar-refractivity contribution in [2.75, 3.05) is 6.61 Å². The van der Waals surface area contributed by atoms with Gasteiger partial charge < -0.3 is 9.47 Å². The molecule has 0 bridgehead atoms. The molecule has 22 heavy (non-hydrogen) atoms. The third-order valence-electron chi connectivity index (χ3n) is 2.77. The quantitative estimate of drug-likeness (QED) is 0.657. The summed E-state index contributed by atoms with van der Waals surface area (Å²) in [7, 11) is 0. The summed E-state index contributed by atoms with van der Waals surface area (Å²) in [6.45, 7) is 2.57. The smallest absolute Gasteiger partial charge is 0.427 e. The molecule has 1 amide bonds. The lowest BCUT2D eigenvalue weighted by molar-refractivity contribution is 0.152. The van der Waals surface area contributed by atoms with Crippen LogP contribution in [-0.2, 0) is 11.3 Å². The molecule has 0 heterocycles. The van der Waals surface area contributed by atoms with Crippen molar-refractivity contribution in [2.24, 2.45) is 5.10 Å². The van der Waals surface area contributed by atoms with Gasteiger partial charge >= 0.3 is 6.09 Å². The highest BCUT2D eigenvalue weighted by molar-refractivity contribution is 5.80. The highest BCUT2D eigenvalue weighted by atomic mass is 16.5. The zero-order valence-electron chi connectivity index (χ0n) is 12.4. The molecule has 2 rings (SSSR count). The summed E-state index contributed by atoms with van der Waals surface area (Å²) in [5.41, 5.74) is 4.24. The molecular formula is C17H18N2O3. The molecule has 0 unspecified atom stereocenters. The molecule has 1 N–H and O–H groups in total. The first kappa shape index (κ1) is 15.6. The maximum atomic E-state index is 11.0. The predicted octanol–water partition coefficient (Wildman–Crippen LogP) is 3.35. The van der Waals surface area contributed by atoms with Crippen molar-refractivity contribution in [1.29, 1.82) is 0 Å². The lowest BCUT2D eigenvalue weighted by atomic mass is 10.2. The van der Waals surface area contributed by atoms with Crippen LogP contribution in [0.5, 0.6) is 5.75 Å². The number of rotatable bonds is 6. The standard InChI is InChI=1S/C17H18N2O3/c1-2-21-17(20)19-18-12-14-8-10-16(11-9-14)22-13-15-6-4-3-5-7-15/h3-12H,2,13H2,1H3,(H,19,20)/b18-12+. The van der Waals surface area contributed by atoms with Crippen LogP contribution < -0.4 is 10.2 Å². The number of hydrogen-bond donors (Lipinski definition) is 1. The number of carbonyl (C=O) groups excluding carboxylic acids is 1. The van der Waals surface area contributed by atoms with E-state index in [1.807, 2.05) is 54.6 Å². The Morgan fingerprint density at radius 3 is 2.55 bits per heavy atom. The summed E-state index contributed by atoms with van der Waals surface area (Å²) in [5.74, 6) is 0.777. The fraction of sp³-hybridized carbons (Fsp3) is 0.176. The van der Waals surface area contributed by atoms with Crippen molar-refractivity contribution in [3.8, 4) is 5.75 Å². The molecule has 2 aromatic carbocycles. The predicted molar refractivity (Wildman–Crippen MR) is 85.0 cm³/mol. The molecule has 114 valence electrons. The van der Waals surface area contributed by atoms with E-state index < -0.39 is 6.09 Å². The zero-order chi connectivity index (χ0) is 15.6. The first-order valence-electron chi connectivity index (χ1n) is 7.00. The summed E-state index contributed by atoms with van der Waals surface area (Å²) in [6, 6.07) is 17.4. The minimum absolute atomic E-state index is 0.314. The van der Waals surface area contributed by atoms with E-state index in [1.54, 1.807) is 6.92 Å². The van der Waals surface area contributed by atoms with Crippen LogP contribution >= 0.6 is 0 Å². The Morgan fingerprint density at radius 2 is 1.86 bits per heavy atom. The summed E-state index contributed by atoms with van der Waals surface area (Å²) in [5, 5.41) is 3.79. The minimum atomic E-state index is -0.568. The maximum absolute atomic E-state index is 11.0. The molecule has 0 fully saturated rings. The van der Waals surface area contributed by atoms with Crippen molar-refractivity contribution in [3.05, 3.63) is 65.7 Å². The molecular weight excluding hydrogens is 280 g/mol. The lowest BCUT2D eigenvalue weighted by Gasteiger charge is -2.06. The molecule has 0 saturated carbocycles. The summed E-state index contributed by atoms with van der Waals surface area (Å²) in [4.78, 5) is 11.0. The van der Waals surface area contributed by atoms with Crippen LogP contribution in [-0.4, -0.2) is 18.9 Å². The van der Waals surface area contributed by atoms with Gasteiger partial charge in [-0.2, -0.15) is 5.10 Å². The van der Waals surface area contributed by atoms with Crippen molar-refractivity contribution in [3.63, 3.8) is 0 Å². The Morgan fingerprint density at radius 1 is 1.14 bits per heavy atom. The molecule has 0 spiro atoms. The second kappa shape index (κ2) is 8.46. The first-order valence-corrected chi connectivity index (χ1v) is 7.00. The number of amides is 1. The lowest BCUT2D eigenvalue weighted by Crippen LogP contribution is -2.18. The highest BCUT2D eigenvalue weighted by Gasteiger charge is 1.97. The minimum Gasteiger partial charge on any atom is -0.489 e. The monoisotopic (exact) mass is 298 g/mol. The van der Waals surface area contributed by atoms with Gasteiger partial charge in [0.15, 0.2) is 0 Å². The Hall–Kier alpha value is -2.82. The van der Waals surface area contributed by atoms with Gasteiger partial charge in [0, 0.05) is 0 Å². The fourth-order valence-corrected chi connectivity index (χ4v) is 1.71. The van der Waals surface area contributed by atoms with Crippen LogP contribution in [0.4, 0.5) is 4.79 Å². The van der Waals surface area contributed by atoms with Crippen LogP contribution in [0.25, 0.3) is 0 Å². The molecule has 0 aliphatic carbocycles. The van der Waals surface area contributed by atoms with Gasteiger partial charge in [-0.05, 0) is 42.3 Å². The number of hydrazone groups is 1. The highest BCUT2D eigenvalue weighted by Crippen LogP contribution is 2.13. The molecule has 5 heteroatoms. The van der Waals surface area contributed by atoms with E-state index in [9.17, 15) is 4.79 Å². The van der Waals surface area contributed by atoms with Gasteiger partial charge in [0.1, 0.15) is 12.4 Å². The van der Waals surface area contributed by atoms with Crippen molar-refractivity contribution < 1.29 is 14.3 Å². The van der Waals surface area contributed by atoms with E-state index >= 15 is 0 Å². The molecule has 0 radical (unpaired) electrons. The van der Waals surface area contributed by atoms with Gasteiger partial charge in [0.25, 0.3) is 0 Å².